The van der Waals surface area contributed by atoms with Crippen LogP contribution in [0.1, 0.15) is 24.3 Å². The summed E-state index contributed by atoms with van der Waals surface area (Å²) in [4.78, 5) is 0. The molecular formula is C13H17BrNS+. The highest BCUT2D eigenvalue weighted by Gasteiger charge is 2.15. The van der Waals surface area contributed by atoms with Gasteiger partial charge in [0.1, 0.15) is 11.2 Å². The van der Waals surface area contributed by atoms with Crippen molar-refractivity contribution in [3.8, 4) is 0 Å². The van der Waals surface area contributed by atoms with Crippen LogP contribution in [0.15, 0.2) is 24.3 Å². The fourth-order valence-corrected chi connectivity index (χ4v) is 3.41. The van der Waals surface area contributed by atoms with E-state index in [9.17, 15) is 0 Å². The van der Waals surface area contributed by atoms with Crippen LogP contribution in [0.4, 0.5) is 0 Å². The van der Waals surface area contributed by atoms with E-state index in [-0.39, 0.29) is 0 Å². The lowest BCUT2D eigenvalue weighted by Crippen LogP contribution is -2.34. The molecule has 86 valence electrons. The Kier molecular flexibility index (Phi) is 4.36. The van der Waals surface area contributed by atoms with Crippen LogP contribution in [0.3, 0.4) is 0 Å². The van der Waals surface area contributed by atoms with Gasteiger partial charge in [-0.3, -0.25) is 0 Å². The first kappa shape index (κ1) is 12.1. The number of hydrogen-bond acceptors (Lipinski definition) is 1. The Labute approximate surface area is 109 Å². The van der Waals surface area contributed by atoms with Crippen molar-refractivity contribution in [3.63, 3.8) is 0 Å². The Bertz CT molecular complexity index is 464. The third-order valence-corrected chi connectivity index (χ3v) is 4.45. The molecule has 2 aromatic rings. The van der Waals surface area contributed by atoms with Crippen molar-refractivity contribution in [2.24, 2.45) is 0 Å². The fourth-order valence-electron chi connectivity index (χ4n) is 1.97. The minimum absolute atomic E-state index is 1.13. The van der Waals surface area contributed by atoms with Gasteiger partial charge < -0.3 is 0 Å². The van der Waals surface area contributed by atoms with Crippen molar-refractivity contribution in [1.82, 2.24) is 0 Å². The molecule has 0 N–H and O–H groups in total. The van der Waals surface area contributed by atoms with Crippen LogP contribution in [-0.4, -0.2) is 5.33 Å². The summed E-state index contributed by atoms with van der Waals surface area (Å²) >= 11 is 5.37. The normalized spacial score (nSPS) is 11.1. The molecule has 1 nitrogen and oxygen atoms in total. The first-order valence-corrected chi connectivity index (χ1v) is 7.70. The topological polar surface area (TPSA) is 3.88 Å². The molecule has 0 atom stereocenters. The molecule has 0 unspecified atom stereocenters. The number of benzene rings is 1. The van der Waals surface area contributed by atoms with E-state index < -0.39 is 0 Å². The minimum Gasteiger partial charge on any atom is -0.186 e. The molecule has 0 aliphatic carbocycles. The molecule has 2 rings (SSSR count). The zero-order valence-corrected chi connectivity index (χ0v) is 12.0. The molecule has 3 heteroatoms. The quantitative estimate of drug-likeness (QED) is 0.445. The number of unbranched alkanes of at least 4 members (excludes halogenated alkanes) is 2. The second-order valence-electron chi connectivity index (χ2n) is 3.99. The number of thiazole rings is 1. The van der Waals surface area contributed by atoms with Crippen LogP contribution in [0, 0.1) is 6.92 Å². The largest absolute Gasteiger partial charge is 0.235 e. The van der Waals surface area contributed by atoms with Crippen LogP contribution < -0.4 is 4.57 Å². The number of fused-ring (bicyclic) bond motifs is 1. The Morgan fingerprint density at radius 1 is 1.19 bits per heavy atom. The Hall–Kier alpha value is -0.410. The summed E-state index contributed by atoms with van der Waals surface area (Å²) < 4.78 is 3.86. The fraction of sp³-hybridized carbons (Fsp3) is 0.462. The second kappa shape index (κ2) is 5.78. The Morgan fingerprint density at radius 2 is 2.00 bits per heavy atom. The van der Waals surface area contributed by atoms with Crippen LogP contribution in [0.5, 0.6) is 0 Å². The van der Waals surface area contributed by atoms with E-state index in [0.29, 0.717) is 0 Å². The molecule has 0 aliphatic rings. The SMILES string of the molecule is Cc1sc2ccccc2[n+]1CCCCCBr. The first-order chi connectivity index (χ1) is 7.83. The van der Waals surface area contributed by atoms with Gasteiger partial charge in [-0.2, -0.15) is 4.57 Å². The summed E-state index contributed by atoms with van der Waals surface area (Å²) in [5.74, 6) is 0. The summed E-state index contributed by atoms with van der Waals surface area (Å²) in [5.41, 5.74) is 1.39. The number of nitrogens with zero attached hydrogens (tertiary/aromatic N) is 1. The maximum atomic E-state index is 3.48. The summed E-state index contributed by atoms with van der Waals surface area (Å²) in [6.07, 6.45) is 3.86. The highest BCUT2D eigenvalue weighted by Crippen LogP contribution is 2.19. The Morgan fingerprint density at radius 3 is 2.81 bits per heavy atom. The van der Waals surface area contributed by atoms with E-state index in [0.717, 1.165) is 11.9 Å². The lowest BCUT2D eigenvalue weighted by molar-refractivity contribution is -0.673. The predicted molar refractivity (Wildman–Crippen MR) is 74.4 cm³/mol. The number of hydrogen-bond donors (Lipinski definition) is 0. The van der Waals surface area contributed by atoms with Crippen molar-refractivity contribution in [1.29, 1.82) is 0 Å². The molecule has 1 aromatic carbocycles. The van der Waals surface area contributed by atoms with Gasteiger partial charge in [-0.15, -0.1) is 0 Å². The van der Waals surface area contributed by atoms with E-state index in [1.165, 1.54) is 34.5 Å². The van der Waals surface area contributed by atoms with Crippen LogP contribution in [-0.2, 0) is 6.54 Å². The van der Waals surface area contributed by atoms with Crippen LogP contribution in [0.25, 0.3) is 10.2 Å². The van der Waals surface area contributed by atoms with Gasteiger partial charge in [0, 0.05) is 24.7 Å². The summed E-state index contributed by atoms with van der Waals surface area (Å²) in [7, 11) is 0. The molecule has 0 amide bonds. The number of alkyl halides is 1. The molecule has 0 saturated heterocycles. The third-order valence-electron chi connectivity index (χ3n) is 2.81. The van der Waals surface area contributed by atoms with E-state index in [2.05, 4.69) is 51.7 Å². The predicted octanol–water partition coefficient (Wildman–Crippen LogP) is 4.06. The zero-order valence-electron chi connectivity index (χ0n) is 9.58. The van der Waals surface area contributed by atoms with E-state index in [1.54, 1.807) is 0 Å². The van der Waals surface area contributed by atoms with Crippen LogP contribution >= 0.6 is 27.3 Å². The van der Waals surface area contributed by atoms with Gasteiger partial charge in [0.15, 0.2) is 0 Å². The van der Waals surface area contributed by atoms with Crippen molar-refractivity contribution in [3.05, 3.63) is 29.3 Å². The van der Waals surface area contributed by atoms with Gasteiger partial charge in [-0.05, 0) is 18.9 Å². The number of aryl methyl sites for hydroxylation is 2. The van der Waals surface area contributed by atoms with Crippen molar-refractivity contribution in [2.45, 2.75) is 32.7 Å². The second-order valence-corrected chi connectivity index (χ2v) is 6.02. The highest BCUT2D eigenvalue weighted by atomic mass is 79.9. The molecule has 1 aromatic heterocycles. The number of rotatable bonds is 5. The molecule has 0 fully saturated rings. The molecule has 0 radical (unpaired) electrons. The summed E-state index contributed by atoms with van der Waals surface area (Å²) in [5, 5.41) is 2.54. The maximum absolute atomic E-state index is 3.48. The summed E-state index contributed by atoms with van der Waals surface area (Å²) in [6.45, 7) is 3.37. The molecule has 16 heavy (non-hydrogen) atoms. The Balaban J connectivity index is 2.13. The van der Waals surface area contributed by atoms with Gasteiger partial charge in [0.2, 0.25) is 10.5 Å². The van der Waals surface area contributed by atoms with E-state index >= 15 is 0 Å². The molecule has 0 spiro atoms. The highest BCUT2D eigenvalue weighted by molar-refractivity contribution is 9.09. The van der Waals surface area contributed by atoms with Gasteiger partial charge in [0.25, 0.3) is 0 Å². The zero-order chi connectivity index (χ0) is 11.4. The van der Waals surface area contributed by atoms with Gasteiger partial charge in [-0.25, -0.2) is 0 Å². The number of aromatic nitrogens is 1. The van der Waals surface area contributed by atoms with Crippen molar-refractivity contribution < 1.29 is 4.57 Å². The molecular weight excluding hydrogens is 282 g/mol. The lowest BCUT2D eigenvalue weighted by atomic mass is 10.2. The minimum atomic E-state index is 1.13. The lowest BCUT2D eigenvalue weighted by Gasteiger charge is -1.96. The standard InChI is InChI=1S/C13H17BrNS/c1-11-15(10-6-2-5-9-14)12-7-3-4-8-13(12)16-11/h3-4,7-8H,2,5-6,9-10H2,1H3/q+1. The van der Waals surface area contributed by atoms with Crippen molar-refractivity contribution in [2.75, 3.05) is 5.33 Å². The third kappa shape index (κ3) is 2.64. The van der Waals surface area contributed by atoms with E-state index in [1.807, 2.05) is 11.3 Å². The smallest absolute Gasteiger partial charge is 0.186 e. The van der Waals surface area contributed by atoms with Crippen molar-refractivity contribution >= 4 is 37.5 Å². The first-order valence-electron chi connectivity index (χ1n) is 5.77. The van der Waals surface area contributed by atoms with Gasteiger partial charge in [0.05, 0.1) is 0 Å². The summed E-state index contributed by atoms with van der Waals surface area (Å²) in [6, 6.07) is 8.68. The monoisotopic (exact) mass is 298 g/mol. The average Bonchev–Trinajstić information content (AvgIpc) is 2.61. The van der Waals surface area contributed by atoms with Gasteiger partial charge >= 0.3 is 0 Å². The number of para-hydroxylation sites is 1. The average molecular weight is 299 g/mol. The molecule has 0 bridgehead atoms. The molecule has 0 saturated carbocycles. The molecule has 0 aliphatic heterocycles. The van der Waals surface area contributed by atoms with Crippen LogP contribution in [0.2, 0.25) is 0 Å². The molecule has 1 heterocycles. The van der Waals surface area contributed by atoms with E-state index in [4.69, 9.17) is 0 Å². The maximum Gasteiger partial charge on any atom is 0.235 e. The number of halogens is 1. The van der Waals surface area contributed by atoms with Gasteiger partial charge in [-0.1, -0.05) is 39.4 Å².